The van der Waals surface area contributed by atoms with Crippen LogP contribution in [0.15, 0.2) is 48.5 Å². The minimum Gasteiger partial charge on any atom is -0.481 e. The molecular weight excluding hydrogens is 519 g/mol. The second-order valence-electron chi connectivity index (χ2n) is 11.3. The topological polar surface area (TPSA) is 62.7 Å². The molecule has 0 atom stereocenters. The number of pyridine rings is 1. The van der Waals surface area contributed by atoms with Gasteiger partial charge in [0.15, 0.2) is 0 Å². The van der Waals surface area contributed by atoms with Crippen molar-refractivity contribution in [3.63, 3.8) is 0 Å². The van der Waals surface area contributed by atoms with Crippen molar-refractivity contribution in [2.45, 2.75) is 51.5 Å². The molecule has 1 aliphatic heterocycles. The first-order valence-corrected chi connectivity index (χ1v) is 14.2. The van der Waals surface area contributed by atoms with Crippen molar-refractivity contribution in [1.29, 1.82) is 0 Å². The number of carboxylic acids is 1. The molecule has 0 amide bonds. The standard InChI is InChI=1S/C31H32Cl2N2O3/c1-38-28-21-9-15-35(16-14-30-10-12-31(19-30,13-11-30)29(36)37)18-20(21)17-26(34-28)24-7-4-6-23(27(24)33)22-5-2-3-8-25(22)32/h2-8,17H,9-16,18-19H2,1H3,(H,36,37). The SMILES string of the molecule is COc1nc(-c2cccc(-c3ccccc3Cl)c2Cl)cc2c1CCN(CCC13CCC(C(=O)O)(CC1)C3)C2. The maximum Gasteiger partial charge on any atom is 0.309 e. The van der Waals surface area contributed by atoms with Crippen LogP contribution < -0.4 is 4.74 Å². The van der Waals surface area contributed by atoms with Crippen molar-refractivity contribution in [1.82, 2.24) is 9.88 Å². The van der Waals surface area contributed by atoms with Crippen molar-refractivity contribution in [2.24, 2.45) is 10.8 Å². The van der Waals surface area contributed by atoms with E-state index in [2.05, 4.69) is 11.0 Å². The van der Waals surface area contributed by atoms with Gasteiger partial charge in [-0.25, -0.2) is 4.98 Å². The second-order valence-corrected chi connectivity index (χ2v) is 12.1. The quantitative estimate of drug-likeness (QED) is 0.329. The zero-order chi connectivity index (χ0) is 26.5. The predicted octanol–water partition coefficient (Wildman–Crippen LogP) is 7.51. The van der Waals surface area contributed by atoms with Crippen LogP contribution in [0.3, 0.4) is 0 Å². The molecule has 2 saturated carbocycles. The van der Waals surface area contributed by atoms with Crippen LogP contribution in [-0.2, 0) is 17.8 Å². The van der Waals surface area contributed by atoms with Crippen LogP contribution in [0.25, 0.3) is 22.4 Å². The summed E-state index contributed by atoms with van der Waals surface area (Å²) in [6.45, 7) is 2.76. The van der Waals surface area contributed by atoms with Crippen molar-refractivity contribution >= 4 is 29.2 Å². The Labute approximate surface area is 233 Å². The van der Waals surface area contributed by atoms with Crippen LogP contribution in [0.5, 0.6) is 5.88 Å². The molecule has 0 unspecified atom stereocenters. The first-order valence-electron chi connectivity index (χ1n) is 13.4. The zero-order valence-electron chi connectivity index (χ0n) is 21.6. The number of nitrogens with zero attached hydrogens (tertiary/aromatic N) is 2. The molecule has 2 aromatic carbocycles. The molecule has 2 aliphatic carbocycles. The van der Waals surface area contributed by atoms with E-state index in [0.717, 1.165) is 92.5 Å². The highest BCUT2D eigenvalue weighted by Crippen LogP contribution is 2.63. The number of fused-ring (bicyclic) bond motifs is 3. The molecule has 0 saturated heterocycles. The summed E-state index contributed by atoms with van der Waals surface area (Å²) in [4.78, 5) is 19.2. The van der Waals surface area contributed by atoms with E-state index in [1.165, 1.54) is 5.56 Å². The fourth-order valence-corrected chi connectivity index (χ4v) is 7.63. The lowest BCUT2D eigenvalue weighted by Crippen LogP contribution is -2.34. The van der Waals surface area contributed by atoms with Gasteiger partial charge in [-0.1, -0.05) is 59.6 Å². The van der Waals surface area contributed by atoms with Gasteiger partial charge in [0.1, 0.15) is 0 Å². The maximum atomic E-state index is 11.9. The molecule has 2 heterocycles. The molecule has 38 heavy (non-hydrogen) atoms. The van der Waals surface area contributed by atoms with Crippen LogP contribution in [0.2, 0.25) is 10.0 Å². The molecule has 1 aromatic heterocycles. The number of carbonyl (C=O) groups is 1. The third-order valence-corrected chi connectivity index (χ3v) is 10.0. The van der Waals surface area contributed by atoms with Gasteiger partial charge in [0.25, 0.3) is 0 Å². The van der Waals surface area contributed by atoms with E-state index in [9.17, 15) is 9.90 Å². The number of aromatic nitrogens is 1. The lowest BCUT2D eigenvalue weighted by atomic mass is 9.80. The number of hydrogen-bond acceptors (Lipinski definition) is 4. The Balaban J connectivity index is 1.25. The Bertz CT molecular complexity index is 1400. The molecule has 5 nitrogen and oxygen atoms in total. The van der Waals surface area contributed by atoms with E-state index >= 15 is 0 Å². The Kier molecular flexibility index (Phi) is 6.66. The summed E-state index contributed by atoms with van der Waals surface area (Å²) in [6, 6.07) is 15.8. The molecule has 0 radical (unpaired) electrons. The van der Waals surface area contributed by atoms with Gasteiger partial charge in [0.2, 0.25) is 5.88 Å². The van der Waals surface area contributed by atoms with Gasteiger partial charge in [0.05, 0.1) is 23.2 Å². The van der Waals surface area contributed by atoms with Gasteiger partial charge in [-0.15, -0.1) is 0 Å². The first-order chi connectivity index (χ1) is 18.3. The smallest absolute Gasteiger partial charge is 0.309 e. The van der Waals surface area contributed by atoms with Gasteiger partial charge in [-0.05, 0) is 74.6 Å². The van der Waals surface area contributed by atoms with Crippen molar-refractivity contribution in [3.8, 4) is 28.3 Å². The highest BCUT2D eigenvalue weighted by atomic mass is 35.5. The predicted molar refractivity (Wildman–Crippen MR) is 151 cm³/mol. The number of aliphatic carboxylic acids is 1. The van der Waals surface area contributed by atoms with Crippen LogP contribution in [0.4, 0.5) is 0 Å². The highest BCUT2D eigenvalue weighted by Gasteiger charge is 2.57. The summed E-state index contributed by atoms with van der Waals surface area (Å²) in [5.41, 5.74) is 5.53. The van der Waals surface area contributed by atoms with E-state index in [0.29, 0.717) is 15.9 Å². The van der Waals surface area contributed by atoms with Crippen LogP contribution >= 0.6 is 23.2 Å². The average molecular weight is 552 g/mol. The maximum absolute atomic E-state index is 11.9. The van der Waals surface area contributed by atoms with E-state index in [4.69, 9.17) is 32.9 Å². The molecule has 198 valence electrons. The summed E-state index contributed by atoms with van der Waals surface area (Å²) in [7, 11) is 1.68. The van der Waals surface area contributed by atoms with E-state index in [1.807, 2.05) is 42.5 Å². The Morgan fingerprint density at radius 1 is 1.05 bits per heavy atom. The summed E-state index contributed by atoms with van der Waals surface area (Å²) in [6.07, 6.45) is 6.57. The molecular formula is C31H32Cl2N2O3. The van der Waals surface area contributed by atoms with Gasteiger partial charge in [-0.2, -0.15) is 0 Å². The fraction of sp³-hybridized carbons (Fsp3) is 0.419. The third kappa shape index (κ3) is 4.39. The number of ether oxygens (including phenoxy) is 1. The number of carboxylic acid groups (broad SMARTS) is 1. The zero-order valence-corrected chi connectivity index (χ0v) is 23.1. The van der Waals surface area contributed by atoms with Crippen molar-refractivity contribution in [3.05, 3.63) is 69.7 Å². The van der Waals surface area contributed by atoms with E-state index in [1.54, 1.807) is 7.11 Å². The van der Waals surface area contributed by atoms with Gasteiger partial charge >= 0.3 is 5.97 Å². The minimum absolute atomic E-state index is 0.201. The summed E-state index contributed by atoms with van der Waals surface area (Å²) >= 11 is 13.4. The molecule has 6 rings (SSSR count). The Hall–Kier alpha value is -2.60. The summed E-state index contributed by atoms with van der Waals surface area (Å²) in [5, 5.41) is 11.0. The Morgan fingerprint density at radius 3 is 2.50 bits per heavy atom. The molecule has 1 N–H and O–H groups in total. The summed E-state index contributed by atoms with van der Waals surface area (Å²) < 4.78 is 5.75. The number of hydrogen-bond donors (Lipinski definition) is 1. The van der Waals surface area contributed by atoms with Crippen LogP contribution in [0, 0.1) is 10.8 Å². The third-order valence-electron chi connectivity index (χ3n) is 9.28. The minimum atomic E-state index is -0.590. The molecule has 7 heteroatoms. The number of methoxy groups -OCH3 is 1. The van der Waals surface area contributed by atoms with E-state index in [-0.39, 0.29) is 5.41 Å². The van der Waals surface area contributed by atoms with Crippen molar-refractivity contribution < 1.29 is 14.6 Å². The highest BCUT2D eigenvalue weighted by molar-refractivity contribution is 6.38. The first kappa shape index (κ1) is 25.7. The van der Waals surface area contributed by atoms with Crippen molar-refractivity contribution in [2.75, 3.05) is 20.2 Å². The molecule has 0 spiro atoms. The number of halogens is 2. The average Bonchev–Trinajstić information content (AvgIpc) is 3.50. The number of benzene rings is 2. The Morgan fingerprint density at radius 2 is 1.79 bits per heavy atom. The van der Waals surface area contributed by atoms with Gasteiger partial charge < -0.3 is 9.84 Å². The molecule has 3 aliphatic rings. The monoisotopic (exact) mass is 550 g/mol. The number of rotatable bonds is 7. The second kappa shape index (κ2) is 9.86. The van der Waals surface area contributed by atoms with Crippen LogP contribution in [-0.4, -0.2) is 41.2 Å². The normalized spacial score (nSPS) is 24.4. The van der Waals surface area contributed by atoms with Gasteiger partial charge in [-0.3, -0.25) is 9.69 Å². The summed E-state index contributed by atoms with van der Waals surface area (Å²) in [5.74, 6) is 0.0703. The fourth-order valence-electron chi connectivity index (χ4n) is 7.07. The van der Waals surface area contributed by atoms with Gasteiger partial charge in [0, 0.05) is 40.4 Å². The molecule has 2 bridgehead atoms. The molecule has 2 fully saturated rings. The van der Waals surface area contributed by atoms with E-state index < -0.39 is 11.4 Å². The lowest BCUT2D eigenvalue weighted by Gasteiger charge is -2.33. The van der Waals surface area contributed by atoms with Crippen LogP contribution in [0.1, 0.15) is 49.7 Å². The lowest BCUT2D eigenvalue weighted by molar-refractivity contribution is -0.148. The molecule has 3 aromatic rings. The largest absolute Gasteiger partial charge is 0.481 e.